The summed E-state index contributed by atoms with van der Waals surface area (Å²) in [7, 11) is 0. The molecule has 62 valence electrons. The molecule has 0 spiro atoms. The van der Waals surface area contributed by atoms with Crippen molar-refractivity contribution < 1.29 is 0 Å². The Morgan fingerprint density at radius 1 is 1.25 bits per heavy atom. The number of nitrogens with zero attached hydrogens (tertiary/aromatic N) is 1. The Labute approximate surface area is 88.7 Å². The van der Waals surface area contributed by atoms with E-state index >= 15 is 0 Å². The molecule has 0 saturated carbocycles. The van der Waals surface area contributed by atoms with Gasteiger partial charge in [-0.15, -0.1) is 0 Å². The largest absolute Gasteiger partial charge is 0.198 e. The predicted molar refractivity (Wildman–Crippen MR) is 55.9 cm³/mol. The Morgan fingerprint density at radius 2 is 1.75 bits per heavy atom. The fourth-order valence-corrected chi connectivity index (χ4v) is 2.23. The van der Waals surface area contributed by atoms with Crippen LogP contribution in [0.2, 0.25) is 0 Å². The monoisotopic (exact) mass is 287 g/mol. The van der Waals surface area contributed by atoms with Crippen LogP contribution in [0.15, 0.2) is 27.1 Å². The van der Waals surface area contributed by atoms with E-state index < -0.39 is 0 Å². The number of nitriles is 1. The molecule has 1 nitrogen and oxygen atoms in total. The number of hydrogen-bond acceptors (Lipinski definition) is 1. The fraction of sp³-hybridized carbons (Fsp3) is 0.222. The third-order valence-corrected chi connectivity index (χ3v) is 2.49. The second kappa shape index (κ2) is 4.06. The summed E-state index contributed by atoms with van der Waals surface area (Å²) >= 11 is 6.74. The van der Waals surface area contributed by atoms with Crippen molar-refractivity contribution in [3.05, 3.63) is 32.7 Å². The third-order valence-electron chi connectivity index (χ3n) is 1.58. The smallest absolute Gasteiger partial charge is 0.0700 e. The van der Waals surface area contributed by atoms with Crippen molar-refractivity contribution in [1.29, 1.82) is 5.26 Å². The van der Waals surface area contributed by atoms with Crippen LogP contribution < -0.4 is 0 Å². The molecule has 0 fully saturated rings. The minimum atomic E-state index is -0.0567. The van der Waals surface area contributed by atoms with Crippen molar-refractivity contribution in [2.24, 2.45) is 0 Å². The molecule has 0 heterocycles. The summed E-state index contributed by atoms with van der Waals surface area (Å²) in [4.78, 5) is 0. The molecule has 0 aromatic heterocycles. The number of rotatable bonds is 1. The van der Waals surface area contributed by atoms with Gasteiger partial charge in [0.15, 0.2) is 0 Å². The lowest BCUT2D eigenvalue weighted by Crippen LogP contribution is -1.88. The highest BCUT2D eigenvalue weighted by Crippen LogP contribution is 2.24. The van der Waals surface area contributed by atoms with Gasteiger partial charge in [0.25, 0.3) is 0 Å². The van der Waals surface area contributed by atoms with Crippen molar-refractivity contribution in [2.45, 2.75) is 12.8 Å². The second-order valence-electron chi connectivity index (χ2n) is 2.55. The maximum Gasteiger partial charge on any atom is 0.0700 e. The van der Waals surface area contributed by atoms with Gasteiger partial charge in [-0.3, -0.25) is 0 Å². The lowest BCUT2D eigenvalue weighted by Gasteiger charge is -2.03. The molecule has 1 aromatic carbocycles. The zero-order valence-corrected chi connectivity index (χ0v) is 9.68. The van der Waals surface area contributed by atoms with Gasteiger partial charge in [0, 0.05) is 8.95 Å². The SMILES string of the molecule is CC(C#N)c1cc(Br)cc(Br)c1. The summed E-state index contributed by atoms with van der Waals surface area (Å²) in [5, 5.41) is 8.69. The molecule has 0 radical (unpaired) electrons. The fourth-order valence-electron chi connectivity index (χ4n) is 0.900. The van der Waals surface area contributed by atoms with E-state index in [9.17, 15) is 0 Å². The first-order chi connectivity index (χ1) is 5.63. The van der Waals surface area contributed by atoms with E-state index in [1.807, 2.05) is 25.1 Å². The van der Waals surface area contributed by atoms with E-state index in [-0.39, 0.29) is 5.92 Å². The van der Waals surface area contributed by atoms with Gasteiger partial charge in [-0.05, 0) is 30.7 Å². The average molecular weight is 289 g/mol. The van der Waals surface area contributed by atoms with Crippen molar-refractivity contribution in [1.82, 2.24) is 0 Å². The first kappa shape index (κ1) is 9.76. The number of hydrogen-bond donors (Lipinski definition) is 0. The van der Waals surface area contributed by atoms with Gasteiger partial charge < -0.3 is 0 Å². The maximum absolute atomic E-state index is 8.69. The van der Waals surface area contributed by atoms with Gasteiger partial charge in [0.2, 0.25) is 0 Å². The molecule has 1 atom stereocenters. The van der Waals surface area contributed by atoms with Gasteiger partial charge in [-0.25, -0.2) is 0 Å². The van der Waals surface area contributed by atoms with Crippen molar-refractivity contribution >= 4 is 31.9 Å². The second-order valence-corrected chi connectivity index (χ2v) is 4.38. The van der Waals surface area contributed by atoms with Crippen LogP contribution in [0.3, 0.4) is 0 Å². The van der Waals surface area contributed by atoms with Gasteiger partial charge in [-0.1, -0.05) is 31.9 Å². The molecular formula is C9H7Br2N. The highest BCUT2D eigenvalue weighted by atomic mass is 79.9. The Hall–Kier alpha value is -0.330. The van der Waals surface area contributed by atoms with Crippen LogP contribution in [0, 0.1) is 11.3 Å². The lowest BCUT2D eigenvalue weighted by molar-refractivity contribution is 0.979. The zero-order chi connectivity index (χ0) is 9.14. The predicted octanol–water partition coefficient (Wildman–Crippen LogP) is 3.84. The Morgan fingerprint density at radius 3 is 2.17 bits per heavy atom. The average Bonchev–Trinajstić information content (AvgIpc) is 2.01. The van der Waals surface area contributed by atoms with Crippen LogP contribution in [0.1, 0.15) is 18.4 Å². The van der Waals surface area contributed by atoms with Crippen LogP contribution in [0.25, 0.3) is 0 Å². The van der Waals surface area contributed by atoms with Crippen LogP contribution in [-0.2, 0) is 0 Å². The van der Waals surface area contributed by atoms with Crippen LogP contribution in [-0.4, -0.2) is 0 Å². The Balaban J connectivity index is 3.10. The molecule has 12 heavy (non-hydrogen) atoms. The van der Waals surface area contributed by atoms with Crippen LogP contribution in [0.5, 0.6) is 0 Å². The van der Waals surface area contributed by atoms with Gasteiger partial charge in [0.05, 0.1) is 12.0 Å². The molecule has 3 heteroatoms. The first-order valence-corrected chi connectivity index (χ1v) is 5.07. The molecule has 0 saturated heterocycles. The molecule has 1 aromatic rings. The van der Waals surface area contributed by atoms with Gasteiger partial charge >= 0.3 is 0 Å². The highest BCUT2D eigenvalue weighted by Gasteiger charge is 2.04. The summed E-state index contributed by atoms with van der Waals surface area (Å²) in [5.41, 5.74) is 1.03. The zero-order valence-electron chi connectivity index (χ0n) is 6.51. The molecule has 0 aliphatic carbocycles. The molecule has 1 rings (SSSR count). The standard InChI is InChI=1S/C9H7Br2N/c1-6(5-12)7-2-8(10)4-9(11)3-7/h2-4,6H,1H3. The van der Waals surface area contributed by atoms with Crippen LogP contribution >= 0.6 is 31.9 Å². The highest BCUT2D eigenvalue weighted by molar-refractivity contribution is 9.11. The summed E-state index contributed by atoms with van der Waals surface area (Å²) < 4.78 is 1.99. The maximum atomic E-state index is 8.69. The number of halogens is 2. The molecule has 0 N–H and O–H groups in total. The Kier molecular flexibility index (Phi) is 3.30. The Bertz CT molecular complexity index is 308. The van der Waals surface area contributed by atoms with Crippen molar-refractivity contribution in [3.8, 4) is 6.07 Å². The van der Waals surface area contributed by atoms with E-state index in [0.29, 0.717) is 0 Å². The number of benzene rings is 1. The summed E-state index contributed by atoms with van der Waals surface area (Å²) in [6.45, 7) is 1.88. The first-order valence-electron chi connectivity index (χ1n) is 3.49. The van der Waals surface area contributed by atoms with Crippen LogP contribution in [0.4, 0.5) is 0 Å². The van der Waals surface area contributed by atoms with Crippen molar-refractivity contribution in [2.75, 3.05) is 0 Å². The van der Waals surface area contributed by atoms with Gasteiger partial charge in [0.1, 0.15) is 0 Å². The van der Waals surface area contributed by atoms with E-state index in [1.54, 1.807) is 0 Å². The quantitative estimate of drug-likeness (QED) is 0.770. The van der Waals surface area contributed by atoms with E-state index in [2.05, 4.69) is 37.9 Å². The normalized spacial score (nSPS) is 12.2. The minimum absolute atomic E-state index is 0.0567. The molecule has 0 aliphatic heterocycles. The van der Waals surface area contributed by atoms with Crippen molar-refractivity contribution in [3.63, 3.8) is 0 Å². The molecular weight excluding hydrogens is 282 g/mol. The molecule has 0 bridgehead atoms. The third kappa shape index (κ3) is 2.33. The molecule has 0 amide bonds. The summed E-state index contributed by atoms with van der Waals surface area (Å²) in [5.74, 6) is -0.0567. The summed E-state index contributed by atoms with van der Waals surface area (Å²) in [6, 6.07) is 8.06. The van der Waals surface area contributed by atoms with E-state index in [0.717, 1.165) is 14.5 Å². The van der Waals surface area contributed by atoms with Gasteiger partial charge in [-0.2, -0.15) is 5.26 Å². The summed E-state index contributed by atoms with van der Waals surface area (Å²) in [6.07, 6.45) is 0. The molecule has 1 unspecified atom stereocenters. The topological polar surface area (TPSA) is 23.8 Å². The molecule has 0 aliphatic rings. The lowest BCUT2D eigenvalue weighted by atomic mass is 10.0. The van der Waals surface area contributed by atoms with E-state index in [4.69, 9.17) is 5.26 Å². The van der Waals surface area contributed by atoms with E-state index in [1.165, 1.54) is 0 Å². The minimum Gasteiger partial charge on any atom is -0.198 e.